The summed E-state index contributed by atoms with van der Waals surface area (Å²) in [6.45, 7) is 0. The molecule has 12 heteroatoms. The van der Waals surface area contributed by atoms with Crippen molar-refractivity contribution in [3.8, 4) is 0 Å². The number of alkyl halides is 3. The lowest BCUT2D eigenvalue weighted by Crippen LogP contribution is -2.27. The van der Waals surface area contributed by atoms with Crippen molar-refractivity contribution in [3.63, 3.8) is 0 Å². The second-order valence-corrected chi connectivity index (χ2v) is 5.48. The summed E-state index contributed by atoms with van der Waals surface area (Å²) in [5.41, 5.74) is -4.70. The summed E-state index contributed by atoms with van der Waals surface area (Å²) in [5.74, 6) is -2.71. The van der Waals surface area contributed by atoms with E-state index in [-0.39, 0.29) is 22.2 Å². The Bertz CT molecular complexity index is 470. The molecule has 3 N–H and O–H groups in total. The van der Waals surface area contributed by atoms with Crippen LogP contribution in [0.1, 0.15) is 5.56 Å². The van der Waals surface area contributed by atoms with Gasteiger partial charge in [0.1, 0.15) is 0 Å². The molecular formula is C8H9F3O6P2S. The standard InChI is InChI=1S/C8H9F3O6P2S/c9-8(10,11)20-6-3-1-5(2-4-6)7(12,16-18-13)17-19(14)15/h1-4,12-13,18-19H,(H,14,15). The van der Waals surface area contributed by atoms with Crippen LogP contribution in [0, 0.1) is 0 Å². The summed E-state index contributed by atoms with van der Waals surface area (Å²) < 4.78 is 55.7. The number of hydrogen-bond donors (Lipinski definition) is 3. The average molecular weight is 352 g/mol. The summed E-state index contributed by atoms with van der Waals surface area (Å²) in [5, 5.41) is 9.82. The highest BCUT2D eigenvalue weighted by Crippen LogP contribution is 2.40. The third kappa shape index (κ3) is 5.67. The van der Waals surface area contributed by atoms with Gasteiger partial charge in [-0.2, -0.15) is 13.2 Å². The highest BCUT2D eigenvalue weighted by Gasteiger charge is 2.35. The molecule has 1 aromatic rings. The Labute approximate surface area is 117 Å². The van der Waals surface area contributed by atoms with Gasteiger partial charge >= 0.3 is 19.7 Å². The van der Waals surface area contributed by atoms with Gasteiger partial charge in [-0.25, -0.2) is 4.52 Å². The topological polar surface area (TPSA) is 96.2 Å². The molecule has 0 spiro atoms. The van der Waals surface area contributed by atoms with Crippen LogP contribution in [0.5, 0.6) is 0 Å². The number of thioether (sulfide) groups is 1. The van der Waals surface area contributed by atoms with E-state index in [0.717, 1.165) is 24.3 Å². The Kier molecular flexibility index (Phi) is 6.43. The van der Waals surface area contributed by atoms with Gasteiger partial charge < -0.3 is 14.9 Å². The molecule has 0 aliphatic rings. The summed E-state index contributed by atoms with van der Waals surface area (Å²) in [6, 6.07) is 4.05. The van der Waals surface area contributed by atoms with Crippen molar-refractivity contribution in [2.45, 2.75) is 16.4 Å². The molecule has 0 bridgehead atoms. The fraction of sp³-hybridized carbons (Fsp3) is 0.250. The minimum absolute atomic E-state index is 0.160. The summed E-state index contributed by atoms with van der Waals surface area (Å²) >= 11 is -0.368. The fourth-order valence-electron chi connectivity index (χ4n) is 1.19. The van der Waals surface area contributed by atoms with Crippen molar-refractivity contribution in [2.75, 3.05) is 0 Å². The Hall–Kier alpha value is -0.180. The summed E-state index contributed by atoms with van der Waals surface area (Å²) in [6.07, 6.45) is 0. The number of hydrogen-bond acceptors (Lipinski definition) is 6. The maximum Gasteiger partial charge on any atom is 0.446 e. The maximum atomic E-state index is 12.1. The highest BCUT2D eigenvalue weighted by molar-refractivity contribution is 8.00. The van der Waals surface area contributed by atoms with Crippen LogP contribution in [-0.4, -0.2) is 20.4 Å². The van der Waals surface area contributed by atoms with Gasteiger partial charge in [-0.05, 0) is 36.0 Å². The Morgan fingerprint density at radius 1 is 1.25 bits per heavy atom. The van der Waals surface area contributed by atoms with Crippen LogP contribution in [-0.2, 0) is 19.6 Å². The molecule has 0 radical (unpaired) electrons. The number of benzene rings is 1. The molecule has 0 saturated heterocycles. The first-order valence-corrected chi connectivity index (χ1v) is 7.67. The molecule has 0 amide bonds. The first-order chi connectivity index (χ1) is 9.16. The molecule has 1 rings (SSSR count). The number of rotatable bonds is 6. The van der Waals surface area contributed by atoms with Crippen LogP contribution in [0.4, 0.5) is 13.2 Å². The van der Waals surface area contributed by atoms with Gasteiger partial charge in [0.25, 0.3) is 0 Å². The lowest BCUT2D eigenvalue weighted by Gasteiger charge is -2.25. The molecule has 3 atom stereocenters. The van der Waals surface area contributed by atoms with E-state index in [9.17, 15) is 22.8 Å². The van der Waals surface area contributed by atoms with E-state index in [2.05, 4.69) is 9.05 Å². The fourth-order valence-corrected chi connectivity index (χ4v) is 2.49. The van der Waals surface area contributed by atoms with Crippen molar-refractivity contribution in [1.29, 1.82) is 0 Å². The van der Waals surface area contributed by atoms with E-state index in [4.69, 9.17) is 9.79 Å². The monoisotopic (exact) mass is 352 g/mol. The predicted octanol–water partition coefficient (Wildman–Crippen LogP) is 2.32. The van der Waals surface area contributed by atoms with Gasteiger partial charge in [-0.15, -0.1) is 0 Å². The van der Waals surface area contributed by atoms with Crippen LogP contribution in [0.2, 0.25) is 0 Å². The van der Waals surface area contributed by atoms with Crippen LogP contribution >= 0.6 is 29.1 Å². The zero-order chi connectivity index (χ0) is 15.4. The first kappa shape index (κ1) is 17.9. The molecule has 114 valence electrons. The molecule has 0 heterocycles. The number of halogens is 3. The lowest BCUT2D eigenvalue weighted by atomic mass is 10.2. The molecule has 20 heavy (non-hydrogen) atoms. The number of aliphatic hydroxyl groups is 1. The SMILES string of the molecule is O=[PH](O)OC(O)(OPO)c1ccc(SC(F)(F)F)cc1. The third-order valence-electron chi connectivity index (χ3n) is 1.86. The Morgan fingerprint density at radius 3 is 2.20 bits per heavy atom. The first-order valence-electron chi connectivity index (χ1n) is 4.74. The van der Waals surface area contributed by atoms with Gasteiger partial charge in [0.2, 0.25) is 0 Å². The lowest BCUT2D eigenvalue weighted by molar-refractivity contribution is -0.282. The average Bonchev–Trinajstić information content (AvgIpc) is 2.26. The van der Waals surface area contributed by atoms with Crippen molar-refractivity contribution in [1.82, 2.24) is 0 Å². The Balaban J connectivity index is 2.96. The van der Waals surface area contributed by atoms with Crippen LogP contribution in [0.25, 0.3) is 0 Å². The molecule has 0 aromatic heterocycles. The van der Waals surface area contributed by atoms with E-state index in [1.54, 1.807) is 0 Å². The van der Waals surface area contributed by atoms with E-state index in [1.165, 1.54) is 0 Å². The van der Waals surface area contributed by atoms with E-state index >= 15 is 0 Å². The normalized spacial score (nSPS) is 17.3. The second-order valence-electron chi connectivity index (χ2n) is 3.22. The van der Waals surface area contributed by atoms with E-state index in [0.29, 0.717) is 0 Å². The molecule has 0 aliphatic heterocycles. The van der Waals surface area contributed by atoms with Gasteiger partial charge in [0, 0.05) is 10.5 Å². The highest BCUT2D eigenvalue weighted by atomic mass is 32.2. The molecule has 0 saturated carbocycles. The van der Waals surface area contributed by atoms with E-state index < -0.39 is 28.8 Å². The maximum absolute atomic E-state index is 12.1. The molecule has 3 unspecified atom stereocenters. The van der Waals surface area contributed by atoms with Gasteiger partial charge in [0.15, 0.2) is 9.03 Å². The quantitative estimate of drug-likeness (QED) is 0.411. The molecule has 0 aliphatic carbocycles. The van der Waals surface area contributed by atoms with E-state index in [1.807, 2.05) is 0 Å². The third-order valence-corrected chi connectivity index (χ3v) is 3.42. The molecule has 6 nitrogen and oxygen atoms in total. The van der Waals surface area contributed by atoms with Gasteiger partial charge in [-0.3, -0.25) is 9.09 Å². The second kappa shape index (κ2) is 7.20. The largest absolute Gasteiger partial charge is 0.446 e. The summed E-state index contributed by atoms with van der Waals surface area (Å²) in [7, 11) is -4.89. The molecule has 0 fully saturated rings. The Morgan fingerprint density at radius 2 is 1.80 bits per heavy atom. The minimum Gasteiger partial charge on any atom is -0.352 e. The van der Waals surface area contributed by atoms with Gasteiger partial charge in [0.05, 0.1) is 0 Å². The van der Waals surface area contributed by atoms with Gasteiger partial charge in [-0.1, -0.05) is 0 Å². The van der Waals surface area contributed by atoms with Crippen LogP contribution in [0.15, 0.2) is 29.2 Å². The van der Waals surface area contributed by atoms with Crippen molar-refractivity contribution in [3.05, 3.63) is 29.8 Å². The molecule has 1 aromatic carbocycles. The zero-order valence-electron chi connectivity index (χ0n) is 9.42. The molecular weight excluding hydrogens is 343 g/mol. The van der Waals surface area contributed by atoms with Crippen LogP contribution in [0.3, 0.4) is 0 Å². The van der Waals surface area contributed by atoms with Crippen molar-refractivity contribution < 1.29 is 41.7 Å². The zero-order valence-corrected chi connectivity index (χ0v) is 12.2. The van der Waals surface area contributed by atoms with Crippen molar-refractivity contribution in [2.24, 2.45) is 0 Å². The van der Waals surface area contributed by atoms with Crippen LogP contribution < -0.4 is 0 Å². The smallest absolute Gasteiger partial charge is 0.352 e. The predicted molar refractivity (Wildman–Crippen MR) is 66.2 cm³/mol. The van der Waals surface area contributed by atoms with Crippen molar-refractivity contribution >= 4 is 29.1 Å². The summed E-state index contributed by atoms with van der Waals surface area (Å²) in [4.78, 5) is 17.1. The minimum atomic E-state index is -4.46.